The molecular formula is C99H100F28N14O3S3. The standard InChI is InChI=1S/C15H16F4N2.3C14H14F4N2O.3C14H14F4N2S/c1-6(2)8-5-9(21-20-8)11-10(7(3)4)12(16)14(18)15(19)13(11)17;1-5(2)7-8(10(16)12(18)11(17)9(7)15)13-19-14(6(3)4)21-20-13;1-5(2)7-8(10(16)12(18)11(17)9(7)15)14-20-19-13(21-14)6(3)4;1-5(2)7-8(10(16)12(18)11(17)9(7)15)14-19-13(6(3)4)20-21-14;1-5(2)7-8(10(16)12(18)11(17)9(7)15)13-19-14(6(3)4)21-20-13;1-5(2)7-8(10(16)12(18)11(17)9(7)15)14-20-19-13(21-14)6(3)4;1-5(2)7-8(10(16)12(18)11(17)9(7)15)14-19-13(6(3)4)20-21-14/h6-7H,5H2,1-4H3;6*5-6H,1-4H3. The maximum Gasteiger partial charge on any atom is 0.261 e. The molecule has 0 atom stereocenters. The van der Waals surface area contributed by atoms with E-state index in [2.05, 4.69) is 69.6 Å². The molecule has 48 heteroatoms. The van der Waals surface area contributed by atoms with Gasteiger partial charge in [0.2, 0.25) is 17.6 Å². The molecule has 0 unspecified atom stereocenters. The first-order valence-electron chi connectivity index (χ1n) is 45.4. The van der Waals surface area contributed by atoms with E-state index in [9.17, 15) is 123 Å². The third-order valence-electron chi connectivity index (χ3n) is 21.7. The minimum atomic E-state index is -1.89. The van der Waals surface area contributed by atoms with Crippen LogP contribution in [-0.2, 0) is 0 Å². The zero-order valence-corrected chi connectivity index (χ0v) is 86.5. The van der Waals surface area contributed by atoms with Gasteiger partial charge >= 0.3 is 0 Å². The van der Waals surface area contributed by atoms with Crippen LogP contribution in [0.2, 0.25) is 0 Å². The van der Waals surface area contributed by atoms with Crippen LogP contribution in [0.1, 0.15) is 355 Å². The third kappa shape index (κ3) is 25.4. The Bertz CT molecular complexity index is 6120. The van der Waals surface area contributed by atoms with Crippen LogP contribution in [0.3, 0.4) is 0 Å². The highest BCUT2D eigenvalue weighted by molar-refractivity contribution is 7.14. The maximum absolute atomic E-state index is 14.1. The summed E-state index contributed by atoms with van der Waals surface area (Å²) in [6, 6.07) is 0. The van der Waals surface area contributed by atoms with E-state index in [4.69, 9.17) is 13.5 Å². The van der Waals surface area contributed by atoms with Crippen molar-refractivity contribution >= 4 is 45.8 Å². The van der Waals surface area contributed by atoms with Crippen molar-refractivity contribution in [3.8, 4) is 66.8 Å². The molecule has 0 radical (unpaired) electrons. The first kappa shape index (κ1) is 120. The van der Waals surface area contributed by atoms with Crippen LogP contribution in [0.25, 0.3) is 66.8 Å². The SMILES string of the molecule is CC(C)C1=NN=C(c2c(F)c(F)c(F)c(F)c2C(C)C)C1.CC(C)c1nc(-c2c(F)c(F)c(F)c(F)c2C(C)C)no1.CC(C)c1nc(-c2c(F)c(F)c(F)c(F)c2C(C)C)ns1.CC(C)c1nnc(-c2c(F)c(F)c(F)c(F)c2C(C)C)o1.CC(C)c1nnc(-c2c(F)c(F)c(F)c(F)c2C(C)C)s1.CC(C)c1noc(-c2c(F)c(F)c(F)c(F)c2C(C)C)n1.CC(C)c1nsc(-c2c(F)c(F)c(F)c(F)c2C(C)C)n1. The van der Waals surface area contributed by atoms with Gasteiger partial charge in [0.05, 0.1) is 39.1 Å². The Morgan fingerprint density at radius 2 is 0.544 bits per heavy atom. The van der Waals surface area contributed by atoms with E-state index in [-0.39, 0.29) is 160 Å². The summed E-state index contributed by atoms with van der Waals surface area (Å²) in [5.41, 5.74) is -3.98. The lowest BCUT2D eigenvalue weighted by Gasteiger charge is -2.16. The first-order chi connectivity index (χ1) is 68.3. The fourth-order valence-corrected chi connectivity index (χ4v) is 16.5. The fourth-order valence-electron chi connectivity index (χ4n) is 14.1. The van der Waals surface area contributed by atoms with Gasteiger partial charge in [0.1, 0.15) is 20.8 Å². The second-order valence-corrected chi connectivity index (χ2v) is 40.1. The van der Waals surface area contributed by atoms with E-state index in [1.165, 1.54) is 41.5 Å². The minimum absolute atomic E-state index is 0.00398. The zero-order chi connectivity index (χ0) is 111. The molecule has 147 heavy (non-hydrogen) atoms. The van der Waals surface area contributed by atoms with E-state index in [0.717, 1.165) is 34.4 Å². The maximum atomic E-state index is 14.1. The molecule has 0 saturated heterocycles. The molecule has 0 saturated carbocycles. The van der Waals surface area contributed by atoms with Gasteiger partial charge in [-0.1, -0.05) is 216 Å². The van der Waals surface area contributed by atoms with Gasteiger partial charge in [0.15, 0.2) is 180 Å². The topological polar surface area (TPSA) is 219 Å². The number of nitrogens with zero attached hydrogens (tertiary/aromatic N) is 14. The molecule has 1 aliphatic rings. The Labute approximate surface area is 838 Å². The van der Waals surface area contributed by atoms with Crippen molar-refractivity contribution in [3.05, 3.63) is 241 Å². The highest BCUT2D eigenvalue weighted by atomic mass is 32.1. The van der Waals surface area contributed by atoms with Crippen molar-refractivity contribution in [1.82, 2.24) is 59.4 Å². The Kier molecular flexibility index (Phi) is 40.4. The number of halogens is 28. The monoisotopic (exact) mass is 2160 g/mol. The Hall–Kier alpha value is -12.0. The molecule has 1 aliphatic heterocycles. The molecule has 0 spiro atoms. The van der Waals surface area contributed by atoms with Crippen LogP contribution in [0.4, 0.5) is 123 Å². The number of aromatic nitrogens is 12. The molecule has 798 valence electrons. The van der Waals surface area contributed by atoms with E-state index < -0.39 is 227 Å². The van der Waals surface area contributed by atoms with Gasteiger partial charge in [-0.05, 0) is 70.4 Å². The van der Waals surface area contributed by atoms with Gasteiger partial charge in [-0.2, -0.15) is 28.9 Å². The van der Waals surface area contributed by atoms with E-state index >= 15 is 0 Å². The van der Waals surface area contributed by atoms with Crippen molar-refractivity contribution in [2.45, 2.75) is 277 Å². The molecule has 0 amide bonds. The molecular weight excluding hydrogens is 2060 g/mol. The molecule has 13 aromatic rings. The number of hydrogen-bond donors (Lipinski definition) is 0. The van der Waals surface area contributed by atoms with Crippen LogP contribution in [0, 0.1) is 169 Å². The predicted molar refractivity (Wildman–Crippen MR) is 497 cm³/mol. The van der Waals surface area contributed by atoms with E-state index in [1.807, 2.05) is 55.4 Å². The highest BCUT2D eigenvalue weighted by Gasteiger charge is 2.40. The molecule has 14 rings (SSSR count). The van der Waals surface area contributed by atoms with Crippen LogP contribution >= 0.6 is 34.4 Å². The van der Waals surface area contributed by atoms with Crippen molar-refractivity contribution in [2.75, 3.05) is 0 Å². The van der Waals surface area contributed by atoms with Crippen LogP contribution in [0.5, 0.6) is 0 Å². The lowest BCUT2D eigenvalue weighted by molar-refractivity contribution is 0.365. The summed E-state index contributed by atoms with van der Waals surface area (Å²) in [6.07, 6.45) is 0.207. The van der Waals surface area contributed by atoms with Gasteiger partial charge < -0.3 is 13.5 Å². The van der Waals surface area contributed by atoms with Gasteiger partial charge in [-0.25, -0.2) is 133 Å². The Morgan fingerprint density at radius 1 is 0.218 bits per heavy atom. The smallest absolute Gasteiger partial charge is 0.261 e. The fraction of sp³-hybridized carbons (Fsp3) is 0.434. The summed E-state index contributed by atoms with van der Waals surface area (Å²) >= 11 is 2.92. The Balaban J connectivity index is 0.000000209. The first-order valence-corrected chi connectivity index (χ1v) is 47.8. The molecule has 0 N–H and O–H groups in total. The van der Waals surface area contributed by atoms with Gasteiger partial charge in [-0.15, -0.1) is 20.4 Å². The summed E-state index contributed by atoms with van der Waals surface area (Å²) < 4.78 is 408. The minimum Gasteiger partial charge on any atom is -0.420 e. The van der Waals surface area contributed by atoms with Crippen molar-refractivity contribution in [3.63, 3.8) is 0 Å². The van der Waals surface area contributed by atoms with Crippen LogP contribution in [0.15, 0.2) is 23.7 Å². The van der Waals surface area contributed by atoms with E-state index in [0.29, 0.717) is 21.6 Å². The molecule has 7 aromatic carbocycles. The third-order valence-corrected chi connectivity index (χ3v) is 24.7. The average molecular weight is 2160 g/mol. The summed E-state index contributed by atoms with van der Waals surface area (Å²) in [7, 11) is 0. The lowest BCUT2D eigenvalue weighted by atomic mass is 9.90. The molecule has 0 fully saturated rings. The molecule has 0 bridgehead atoms. The second kappa shape index (κ2) is 49.4. The molecule has 7 heterocycles. The zero-order valence-electron chi connectivity index (χ0n) is 84.1. The lowest BCUT2D eigenvalue weighted by Crippen LogP contribution is -2.17. The normalized spacial score (nSPS) is 12.2. The van der Waals surface area contributed by atoms with Crippen molar-refractivity contribution < 1.29 is 136 Å². The van der Waals surface area contributed by atoms with Crippen molar-refractivity contribution in [1.29, 1.82) is 0 Å². The average Bonchev–Trinajstić information content (AvgIpc) is 1.76. The second-order valence-electron chi connectivity index (χ2n) is 37.5. The summed E-state index contributed by atoms with van der Waals surface area (Å²) in [6.45, 7) is 47.3. The number of hydrogen-bond acceptors (Lipinski definition) is 20. The molecule has 17 nitrogen and oxygen atoms in total. The number of benzene rings is 7. The quantitative estimate of drug-likeness (QED) is 0.0371. The largest absolute Gasteiger partial charge is 0.420 e. The van der Waals surface area contributed by atoms with Crippen LogP contribution < -0.4 is 0 Å². The van der Waals surface area contributed by atoms with Crippen LogP contribution in [-0.4, -0.2) is 70.8 Å². The number of rotatable bonds is 21. The summed E-state index contributed by atoms with van der Waals surface area (Å²) in [4.78, 5) is 16.1. The highest BCUT2D eigenvalue weighted by Crippen LogP contribution is 2.46. The van der Waals surface area contributed by atoms with Crippen molar-refractivity contribution in [2.24, 2.45) is 16.1 Å². The molecule has 6 aromatic heterocycles. The van der Waals surface area contributed by atoms with E-state index in [1.54, 1.807) is 96.9 Å². The molecule has 0 aliphatic carbocycles. The van der Waals surface area contributed by atoms with Gasteiger partial charge in [-0.3, -0.25) is 0 Å². The Morgan fingerprint density at radius 3 is 0.857 bits per heavy atom. The summed E-state index contributed by atoms with van der Waals surface area (Å²) in [5, 5.41) is 31.2. The van der Waals surface area contributed by atoms with Gasteiger partial charge in [0.25, 0.3) is 11.8 Å². The predicted octanol–water partition coefficient (Wildman–Crippen LogP) is 33.2. The summed E-state index contributed by atoms with van der Waals surface area (Å²) in [5.74, 6) is -49.9. The van der Waals surface area contributed by atoms with Gasteiger partial charge in [0, 0.05) is 92.1 Å².